The molecule has 3 aromatic rings. The smallest absolute Gasteiger partial charge is 0.257 e. The van der Waals surface area contributed by atoms with Crippen LogP contribution in [0.1, 0.15) is 10.4 Å². The van der Waals surface area contributed by atoms with Crippen LogP contribution in [0.3, 0.4) is 0 Å². The Hall–Kier alpha value is -3.28. The van der Waals surface area contributed by atoms with E-state index in [2.05, 4.69) is 10.5 Å². The zero-order chi connectivity index (χ0) is 17.5. The fourth-order valence-corrected chi connectivity index (χ4v) is 2.30. The minimum atomic E-state index is -0.251. The lowest BCUT2D eigenvalue weighted by molar-refractivity contribution is 0.0947. The second kappa shape index (κ2) is 8.01. The number of ether oxygens (including phenoxy) is 2. The van der Waals surface area contributed by atoms with Gasteiger partial charge in [-0.3, -0.25) is 4.79 Å². The fourth-order valence-electron chi connectivity index (χ4n) is 2.30. The van der Waals surface area contributed by atoms with E-state index < -0.39 is 0 Å². The summed E-state index contributed by atoms with van der Waals surface area (Å²) in [5.74, 6) is 1.68. The molecule has 128 valence electrons. The monoisotopic (exact) mass is 338 g/mol. The van der Waals surface area contributed by atoms with Gasteiger partial charge in [0.1, 0.15) is 23.7 Å². The summed E-state index contributed by atoms with van der Waals surface area (Å²) in [6, 6.07) is 16.6. The molecule has 0 radical (unpaired) electrons. The summed E-state index contributed by atoms with van der Waals surface area (Å²) in [4.78, 5) is 12.3. The molecule has 1 heterocycles. The first-order valence-corrected chi connectivity index (χ1v) is 7.83. The quantitative estimate of drug-likeness (QED) is 0.670. The maximum absolute atomic E-state index is 12.3. The van der Waals surface area contributed by atoms with Gasteiger partial charge in [0.05, 0.1) is 19.9 Å². The van der Waals surface area contributed by atoms with Crippen LogP contribution in [0.15, 0.2) is 65.3 Å². The molecule has 1 N–H and O–H groups in total. The summed E-state index contributed by atoms with van der Waals surface area (Å²) in [6.07, 6.45) is 1.42. The van der Waals surface area contributed by atoms with Crippen LogP contribution in [-0.2, 0) is 0 Å². The van der Waals surface area contributed by atoms with Crippen LogP contribution in [0.2, 0.25) is 0 Å². The standard InChI is InChI=1S/C19H18N2O4/c1-23-15-7-9-16(10-8-15)24-12-11-20-19(22)17-13-21-25-18(17)14-5-3-2-4-6-14/h2-10,13H,11-12H2,1H3,(H,20,22). The number of hydrogen-bond donors (Lipinski definition) is 1. The number of amides is 1. The first-order chi connectivity index (χ1) is 12.3. The number of nitrogens with one attached hydrogen (secondary N) is 1. The number of carbonyl (C=O) groups excluding carboxylic acids is 1. The van der Waals surface area contributed by atoms with E-state index in [1.807, 2.05) is 54.6 Å². The molecule has 2 aromatic carbocycles. The van der Waals surface area contributed by atoms with Crippen molar-refractivity contribution in [3.05, 3.63) is 66.4 Å². The van der Waals surface area contributed by atoms with E-state index in [0.717, 1.165) is 11.3 Å². The van der Waals surface area contributed by atoms with E-state index in [1.54, 1.807) is 7.11 Å². The summed E-state index contributed by atoms with van der Waals surface area (Å²) in [7, 11) is 1.61. The third-order valence-electron chi connectivity index (χ3n) is 3.57. The largest absolute Gasteiger partial charge is 0.497 e. The molecule has 0 saturated heterocycles. The highest BCUT2D eigenvalue weighted by molar-refractivity contribution is 5.99. The van der Waals surface area contributed by atoms with Gasteiger partial charge in [-0.25, -0.2) is 0 Å². The Balaban J connectivity index is 1.52. The van der Waals surface area contributed by atoms with E-state index in [-0.39, 0.29) is 5.91 Å². The molecule has 25 heavy (non-hydrogen) atoms. The van der Waals surface area contributed by atoms with Crippen molar-refractivity contribution in [1.82, 2.24) is 10.5 Å². The summed E-state index contributed by atoms with van der Waals surface area (Å²) in [5.41, 5.74) is 1.20. The van der Waals surface area contributed by atoms with Crippen molar-refractivity contribution in [3.8, 4) is 22.8 Å². The fraction of sp³-hybridized carbons (Fsp3) is 0.158. The van der Waals surface area contributed by atoms with Gasteiger partial charge in [0.15, 0.2) is 5.76 Å². The molecule has 6 heteroatoms. The van der Waals surface area contributed by atoms with E-state index >= 15 is 0 Å². The van der Waals surface area contributed by atoms with Gasteiger partial charge in [0, 0.05) is 5.56 Å². The number of carbonyl (C=O) groups is 1. The third-order valence-corrected chi connectivity index (χ3v) is 3.57. The third kappa shape index (κ3) is 4.17. The molecule has 0 spiro atoms. The van der Waals surface area contributed by atoms with Crippen molar-refractivity contribution >= 4 is 5.91 Å². The SMILES string of the molecule is COc1ccc(OCCNC(=O)c2cnoc2-c2ccccc2)cc1. The highest BCUT2D eigenvalue weighted by Crippen LogP contribution is 2.23. The molecule has 0 fully saturated rings. The van der Waals surface area contributed by atoms with Crippen molar-refractivity contribution in [2.45, 2.75) is 0 Å². The number of methoxy groups -OCH3 is 1. The second-order valence-electron chi connectivity index (χ2n) is 5.21. The zero-order valence-corrected chi connectivity index (χ0v) is 13.8. The number of rotatable bonds is 7. The number of aromatic nitrogens is 1. The average molecular weight is 338 g/mol. The number of benzene rings is 2. The van der Waals surface area contributed by atoms with Crippen LogP contribution in [0.25, 0.3) is 11.3 Å². The first-order valence-electron chi connectivity index (χ1n) is 7.83. The predicted octanol–water partition coefficient (Wildman–Crippen LogP) is 3.16. The van der Waals surface area contributed by atoms with E-state index in [1.165, 1.54) is 6.20 Å². The van der Waals surface area contributed by atoms with Gasteiger partial charge in [-0.15, -0.1) is 0 Å². The van der Waals surface area contributed by atoms with Gasteiger partial charge >= 0.3 is 0 Å². The molecule has 3 rings (SSSR count). The summed E-state index contributed by atoms with van der Waals surface area (Å²) in [6.45, 7) is 0.717. The molecular weight excluding hydrogens is 320 g/mol. The van der Waals surface area contributed by atoms with E-state index in [9.17, 15) is 4.79 Å². The minimum Gasteiger partial charge on any atom is -0.497 e. The average Bonchev–Trinajstić information content (AvgIpc) is 3.16. The Bertz CT molecular complexity index is 813. The Morgan fingerprint density at radius 3 is 2.52 bits per heavy atom. The topological polar surface area (TPSA) is 73.6 Å². The van der Waals surface area contributed by atoms with Crippen molar-refractivity contribution in [3.63, 3.8) is 0 Å². The van der Waals surface area contributed by atoms with Crippen molar-refractivity contribution in [2.24, 2.45) is 0 Å². The lowest BCUT2D eigenvalue weighted by atomic mass is 10.1. The molecule has 0 aliphatic rings. The van der Waals surface area contributed by atoms with E-state index in [4.69, 9.17) is 14.0 Å². The van der Waals surface area contributed by atoms with E-state index in [0.29, 0.717) is 30.2 Å². The molecule has 0 unspecified atom stereocenters. The second-order valence-corrected chi connectivity index (χ2v) is 5.21. The Morgan fingerprint density at radius 2 is 1.80 bits per heavy atom. The van der Waals surface area contributed by atoms with Gasteiger partial charge < -0.3 is 19.3 Å². The highest BCUT2D eigenvalue weighted by atomic mass is 16.5. The highest BCUT2D eigenvalue weighted by Gasteiger charge is 2.17. The molecule has 0 bridgehead atoms. The molecule has 1 amide bonds. The Labute approximate surface area is 145 Å². The number of hydrogen-bond acceptors (Lipinski definition) is 5. The normalized spacial score (nSPS) is 10.3. The van der Waals surface area contributed by atoms with Gasteiger partial charge in [-0.05, 0) is 24.3 Å². The van der Waals surface area contributed by atoms with Crippen molar-refractivity contribution in [2.75, 3.05) is 20.3 Å². The van der Waals surface area contributed by atoms with Crippen molar-refractivity contribution < 1.29 is 18.8 Å². The molecule has 0 aliphatic heterocycles. The summed E-state index contributed by atoms with van der Waals surface area (Å²) < 4.78 is 15.9. The Kier molecular flexibility index (Phi) is 5.31. The molecular formula is C19H18N2O4. The lowest BCUT2D eigenvalue weighted by Gasteiger charge is -2.08. The minimum absolute atomic E-state index is 0.251. The zero-order valence-electron chi connectivity index (χ0n) is 13.8. The van der Waals surface area contributed by atoms with Crippen LogP contribution < -0.4 is 14.8 Å². The summed E-state index contributed by atoms with van der Waals surface area (Å²) >= 11 is 0. The van der Waals surface area contributed by atoms with Crippen LogP contribution in [0, 0.1) is 0 Å². The molecule has 1 aromatic heterocycles. The molecule has 0 aliphatic carbocycles. The molecule has 0 atom stereocenters. The molecule has 0 saturated carbocycles. The Morgan fingerprint density at radius 1 is 1.08 bits per heavy atom. The van der Waals surface area contributed by atoms with Crippen LogP contribution in [0.5, 0.6) is 11.5 Å². The van der Waals surface area contributed by atoms with Gasteiger partial charge in [0.25, 0.3) is 5.91 Å². The maximum Gasteiger partial charge on any atom is 0.257 e. The van der Waals surface area contributed by atoms with Gasteiger partial charge in [-0.1, -0.05) is 35.5 Å². The maximum atomic E-state index is 12.3. The van der Waals surface area contributed by atoms with Gasteiger partial charge in [-0.2, -0.15) is 0 Å². The lowest BCUT2D eigenvalue weighted by Crippen LogP contribution is -2.28. The molecule has 6 nitrogen and oxygen atoms in total. The van der Waals surface area contributed by atoms with Gasteiger partial charge in [0.2, 0.25) is 0 Å². The van der Waals surface area contributed by atoms with Crippen LogP contribution in [-0.4, -0.2) is 31.3 Å². The van der Waals surface area contributed by atoms with Crippen LogP contribution in [0.4, 0.5) is 0 Å². The summed E-state index contributed by atoms with van der Waals surface area (Å²) in [5, 5.41) is 6.53. The van der Waals surface area contributed by atoms with Crippen molar-refractivity contribution in [1.29, 1.82) is 0 Å². The number of nitrogens with zero attached hydrogens (tertiary/aromatic N) is 1. The predicted molar refractivity (Wildman–Crippen MR) is 92.8 cm³/mol. The van der Waals surface area contributed by atoms with Crippen LogP contribution >= 0.6 is 0 Å². The first kappa shape index (κ1) is 16.6.